The first kappa shape index (κ1) is 35.2. The van der Waals surface area contributed by atoms with Crippen LogP contribution in [0.2, 0.25) is 0 Å². The van der Waals surface area contributed by atoms with Crippen LogP contribution in [0.4, 0.5) is 22.0 Å². The molecule has 0 spiro atoms. The molecule has 0 saturated heterocycles. The molecule has 12 heteroatoms. The van der Waals surface area contributed by atoms with Crippen molar-refractivity contribution in [3.63, 3.8) is 0 Å². The number of aromatic nitrogens is 4. The number of rotatable bonds is 4. The van der Waals surface area contributed by atoms with Gasteiger partial charge in [-0.3, -0.25) is 9.98 Å². The number of nitrogens with zero attached hydrogens (tertiary/aromatic N) is 5. The monoisotopic (exact) mass is 756 g/mol. The molecule has 278 valence electrons. The van der Waals surface area contributed by atoms with Gasteiger partial charge in [-0.1, -0.05) is 18.2 Å². The molecule has 4 aliphatic rings. The fourth-order valence-electron chi connectivity index (χ4n) is 7.88. The lowest BCUT2D eigenvalue weighted by Crippen LogP contribution is -2.35. The molecule has 4 aromatic heterocycles. The molecule has 0 amide bonds. The number of H-pyrrole nitrogens is 1. The van der Waals surface area contributed by atoms with Crippen molar-refractivity contribution in [2.24, 2.45) is 31.1 Å². The minimum absolute atomic E-state index is 0.0428. The molecule has 0 saturated carbocycles. The predicted molar refractivity (Wildman–Crippen MR) is 201 cm³/mol. The minimum atomic E-state index is -2.23. The molecule has 4 atom stereocenters. The average Bonchev–Trinajstić information content (AvgIpc) is 4.04. The number of hydrogen-bond acceptors (Lipinski definition) is 3. The van der Waals surface area contributed by atoms with Crippen molar-refractivity contribution in [2.45, 2.75) is 24.0 Å². The quantitative estimate of drug-likeness (QED) is 0.124. The Bertz CT molecular complexity index is 2730. The van der Waals surface area contributed by atoms with E-state index in [2.05, 4.69) is 28.5 Å². The lowest BCUT2D eigenvalue weighted by atomic mass is 9.88. The van der Waals surface area contributed by atoms with Crippen LogP contribution in [0.15, 0.2) is 138 Å². The van der Waals surface area contributed by atoms with Crippen LogP contribution in [-0.2, 0) is 21.1 Å². The van der Waals surface area contributed by atoms with Gasteiger partial charge in [0.2, 0.25) is 5.82 Å². The van der Waals surface area contributed by atoms with Gasteiger partial charge < -0.3 is 10.3 Å². The summed E-state index contributed by atoms with van der Waals surface area (Å²) in [6, 6.07) is 13.8. The van der Waals surface area contributed by atoms with Crippen molar-refractivity contribution in [2.75, 3.05) is 0 Å². The molecule has 5 aromatic rings. The standard InChI is InChI=1S/C44H33F5N7/c1-54-18-12-24(13-19-54)35-27-4-6-29(50-27)36(25-14-20-55(2)21-15-25)31-8-10-33(52-31)38(39-40(45)42(47)44(49)43(48)41(39)46)34-11-9-32(53-34)37(30-7-5-28(35)51-30)26-16-22-56(3)23-17-26/h4-23,27,30-31,35H,1-3H3/q+1/p+2/b38-34+. The van der Waals surface area contributed by atoms with E-state index in [4.69, 9.17) is 9.98 Å². The number of aliphatic imine (C=N–C) groups is 2. The second kappa shape index (κ2) is 13.6. The van der Waals surface area contributed by atoms with Gasteiger partial charge >= 0.3 is 0 Å². The van der Waals surface area contributed by atoms with Crippen LogP contribution in [0.3, 0.4) is 0 Å². The van der Waals surface area contributed by atoms with Crippen LogP contribution in [0.5, 0.6) is 0 Å². The van der Waals surface area contributed by atoms with Crippen molar-refractivity contribution in [3.8, 4) is 0 Å². The fourth-order valence-corrected chi connectivity index (χ4v) is 7.88. The lowest BCUT2D eigenvalue weighted by molar-refractivity contribution is -0.671. The number of allylic oxidation sites excluding steroid dienone is 3. The van der Waals surface area contributed by atoms with Gasteiger partial charge in [-0.05, 0) is 47.1 Å². The molecular formula is C44H35F5N7+3. The largest absolute Gasteiger partial charge is 0.378 e. The number of aromatic amines is 1. The SMILES string of the molecule is C[n+]1ccc(/C2=C3\C=CC(N3)C(c3cc[n+](C)cc3)C3=NC(C=C3)/C(c3cc[n+](C)cc3)=c3/cc/c([nH]3)=C(\c3c(F)c(F)c(F)c(F)c3F)C3=NC2C=C3)cc1. The molecule has 8 bridgehead atoms. The first-order chi connectivity index (χ1) is 27.0. The summed E-state index contributed by atoms with van der Waals surface area (Å²) < 4.78 is 81.8. The number of pyridine rings is 3. The van der Waals surface area contributed by atoms with Gasteiger partial charge in [-0.15, -0.1) is 0 Å². The summed E-state index contributed by atoms with van der Waals surface area (Å²) in [5, 5.41) is 4.41. The Labute approximate surface area is 318 Å². The number of fused-ring (bicyclic) bond motifs is 6. The van der Waals surface area contributed by atoms with Crippen LogP contribution in [-0.4, -0.2) is 34.5 Å². The molecule has 2 N–H and O–H groups in total. The summed E-state index contributed by atoms with van der Waals surface area (Å²) in [5.74, 6) is -10.4. The summed E-state index contributed by atoms with van der Waals surface area (Å²) in [4.78, 5) is 13.6. The van der Waals surface area contributed by atoms with Gasteiger partial charge in [0.15, 0.2) is 60.4 Å². The lowest BCUT2D eigenvalue weighted by Gasteiger charge is -2.25. The van der Waals surface area contributed by atoms with Crippen molar-refractivity contribution >= 4 is 28.1 Å². The molecule has 0 fully saturated rings. The van der Waals surface area contributed by atoms with Crippen LogP contribution >= 0.6 is 0 Å². The maximum Gasteiger partial charge on any atom is 0.200 e. The summed E-state index contributed by atoms with van der Waals surface area (Å²) in [6.45, 7) is 0. The summed E-state index contributed by atoms with van der Waals surface area (Å²) in [6.07, 6.45) is 23.1. The maximum atomic E-state index is 15.9. The summed E-state index contributed by atoms with van der Waals surface area (Å²) in [7, 11) is 5.77. The molecule has 4 unspecified atom stereocenters. The number of aryl methyl sites for hydroxylation is 3. The Morgan fingerprint density at radius 3 is 1.73 bits per heavy atom. The van der Waals surface area contributed by atoms with Gasteiger partial charge in [0.1, 0.15) is 21.1 Å². The normalized spacial score (nSPS) is 24.4. The Hall–Kier alpha value is -6.56. The Kier molecular flexibility index (Phi) is 8.56. The molecular weight excluding hydrogens is 722 g/mol. The van der Waals surface area contributed by atoms with E-state index >= 15 is 8.78 Å². The fraction of sp³-hybridized carbons (Fsp3) is 0.159. The van der Waals surface area contributed by atoms with E-state index in [-0.39, 0.29) is 28.6 Å². The minimum Gasteiger partial charge on any atom is -0.378 e. The van der Waals surface area contributed by atoms with Crippen molar-refractivity contribution < 1.29 is 35.7 Å². The summed E-state index contributed by atoms with van der Waals surface area (Å²) in [5.41, 5.74) is 4.53. The van der Waals surface area contributed by atoms with Gasteiger partial charge in [0.05, 0.1) is 35.3 Å². The molecule has 56 heavy (non-hydrogen) atoms. The van der Waals surface area contributed by atoms with E-state index in [1.54, 1.807) is 24.3 Å². The topological polar surface area (TPSA) is 64.2 Å². The third-order valence-electron chi connectivity index (χ3n) is 10.7. The summed E-state index contributed by atoms with van der Waals surface area (Å²) >= 11 is 0. The van der Waals surface area contributed by atoms with E-state index in [0.717, 1.165) is 39.2 Å². The van der Waals surface area contributed by atoms with Crippen molar-refractivity contribution in [1.82, 2.24) is 10.3 Å². The average molecular weight is 757 g/mol. The first-order valence-electron chi connectivity index (χ1n) is 18.1. The van der Waals surface area contributed by atoms with Crippen LogP contribution in [0.1, 0.15) is 28.2 Å². The third-order valence-corrected chi connectivity index (χ3v) is 10.7. The highest BCUT2D eigenvalue weighted by Crippen LogP contribution is 2.37. The third kappa shape index (κ3) is 5.92. The van der Waals surface area contributed by atoms with E-state index < -0.39 is 46.7 Å². The zero-order valence-corrected chi connectivity index (χ0v) is 30.5. The second-order valence-corrected chi connectivity index (χ2v) is 14.3. The van der Waals surface area contributed by atoms with Crippen LogP contribution < -0.4 is 29.7 Å². The van der Waals surface area contributed by atoms with Crippen LogP contribution in [0, 0.1) is 29.1 Å². The molecule has 8 heterocycles. The predicted octanol–water partition coefficient (Wildman–Crippen LogP) is 4.08. The van der Waals surface area contributed by atoms with E-state index in [0.29, 0.717) is 5.35 Å². The molecule has 9 rings (SSSR count). The zero-order valence-electron chi connectivity index (χ0n) is 30.5. The van der Waals surface area contributed by atoms with E-state index in [1.807, 2.05) is 115 Å². The Morgan fingerprint density at radius 1 is 0.554 bits per heavy atom. The molecule has 0 aliphatic carbocycles. The first-order valence-corrected chi connectivity index (χ1v) is 18.1. The van der Waals surface area contributed by atoms with Crippen LogP contribution in [0.25, 0.3) is 16.7 Å². The highest BCUT2D eigenvalue weighted by atomic mass is 19.2. The highest BCUT2D eigenvalue weighted by molar-refractivity contribution is 6.30. The number of nitrogens with one attached hydrogen (secondary N) is 2. The van der Waals surface area contributed by atoms with Gasteiger partial charge in [-0.2, -0.15) is 0 Å². The van der Waals surface area contributed by atoms with Crippen molar-refractivity contribution in [3.05, 3.63) is 190 Å². The van der Waals surface area contributed by atoms with E-state index in [9.17, 15) is 13.2 Å². The second-order valence-electron chi connectivity index (χ2n) is 14.3. The van der Waals surface area contributed by atoms with Gasteiger partial charge in [-0.25, -0.2) is 35.7 Å². The highest BCUT2D eigenvalue weighted by Gasteiger charge is 2.36. The zero-order chi connectivity index (χ0) is 38.8. The molecule has 4 aliphatic heterocycles. The van der Waals surface area contributed by atoms with E-state index in [1.165, 1.54) is 0 Å². The maximum absolute atomic E-state index is 15.9. The molecule has 0 radical (unpaired) electrons. The molecule has 7 nitrogen and oxygen atoms in total. The smallest absolute Gasteiger partial charge is 0.200 e. The Balaban J connectivity index is 1.37. The van der Waals surface area contributed by atoms with Crippen molar-refractivity contribution in [1.29, 1.82) is 0 Å². The molecule has 1 aromatic carbocycles. The number of halogens is 5. The number of benzene rings is 1. The Morgan fingerprint density at radius 2 is 1.09 bits per heavy atom. The van der Waals surface area contributed by atoms with Gasteiger partial charge in [0, 0.05) is 75.2 Å². The number of hydrogen-bond donors (Lipinski definition) is 2. The van der Waals surface area contributed by atoms with Gasteiger partial charge in [0.25, 0.3) is 0 Å².